The van der Waals surface area contributed by atoms with E-state index in [0.717, 1.165) is 0 Å². The average molecular weight is 223 g/mol. The number of amidine groups is 1. The van der Waals surface area contributed by atoms with Crippen LogP contribution in [0.25, 0.3) is 0 Å². The molecule has 7 heteroatoms. The molecule has 0 unspecified atom stereocenters. The predicted molar refractivity (Wildman–Crippen MR) is 53.4 cm³/mol. The van der Waals surface area contributed by atoms with Crippen molar-refractivity contribution in [1.29, 1.82) is 0 Å². The maximum atomic E-state index is 11.7. The molecule has 1 aromatic heterocycles. The molecule has 0 saturated heterocycles. The molecule has 77 valence electrons. The molecule has 1 radical (unpaired) electrons. The van der Waals surface area contributed by atoms with Gasteiger partial charge in [0.1, 0.15) is 11.6 Å². The molecule has 0 bridgehead atoms. The highest BCUT2D eigenvalue weighted by Crippen LogP contribution is 2.05. The minimum Gasteiger partial charge on any atom is -0.240 e. The molecule has 6 nitrogen and oxygen atoms in total. The van der Waals surface area contributed by atoms with Crippen molar-refractivity contribution in [2.75, 3.05) is 0 Å². The Morgan fingerprint density at radius 3 is 2.47 bits per heavy atom. The lowest BCUT2D eigenvalue weighted by atomic mass is 10.6. The van der Waals surface area contributed by atoms with Gasteiger partial charge < -0.3 is 0 Å². The fourth-order valence-electron chi connectivity index (χ4n) is 1.03. The molecule has 2 heterocycles. The molecule has 0 aliphatic carbocycles. The summed E-state index contributed by atoms with van der Waals surface area (Å²) in [4.78, 5) is 11.3. The topological polar surface area (TPSA) is 86.4 Å². The first-order chi connectivity index (χ1) is 7.18. The van der Waals surface area contributed by atoms with Gasteiger partial charge in [0, 0.05) is 24.8 Å². The Morgan fingerprint density at radius 1 is 1.13 bits per heavy atom. The molecule has 0 aromatic carbocycles. The molecule has 15 heavy (non-hydrogen) atoms. The highest BCUT2D eigenvalue weighted by atomic mass is 32.2. The number of aromatic nitrogens is 2. The second-order valence-corrected chi connectivity index (χ2v) is 4.65. The SMILES string of the molecule is O=S(=O)(Cc1ncccn1)C1=NC=C[N]1. The van der Waals surface area contributed by atoms with Gasteiger partial charge >= 0.3 is 0 Å². The van der Waals surface area contributed by atoms with Crippen molar-refractivity contribution in [2.24, 2.45) is 4.99 Å². The molecule has 0 amide bonds. The van der Waals surface area contributed by atoms with Crippen LogP contribution in [0.15, 0.2) is 35.9 Å². The molecular weight excluding hydrogens is 216 g/mol. The van der Waals surface area contributed by atoms with Crippen LogP contribution >= 0.6 is 0 Å². The summed E-state index contributed by atoms with van der Waals surface area (Å²) >= 11 is 0. The second-order valence-electron chi connectivity index (χ2n) is 2.76. The predicted octanol–water partition coefficient (Wildman–Crippen LogP) is -0.163. The van der Waals surface area contributed by atoms with Gasteiger partial charge in [-0.2, -0.15) is 0 Å². The third-order valence-electron chi connectivity index (χ3n) is 1.65. The summed E-state index contributed by atoms with van der Waals surface area (Å²) in [5.41, 5.74) is 0. The normalized spacial score (nSPS) is 14.8. The Balaban J connectivity index is 2.19. The molecule has 0 saturated carbocycles. The molecular formula is C8H7N4O2S. The monoisotopic (exact) mass is 223 g/mol. The number of aliphatic imine (C=N–C) groups is 1. The van der Waals surface area contributed by atoms with E-state index in [2.05, 4.69) is 20.3 Å². The lowest BCUT2D eigenvalue weighted by Gasteiger charge is -2.00. The third-order valence-corrected chi connectivity index (χ3v) is 3.06. The van der Waals surface area contributed by atoms with Crippen molar-refractivity contribution in [2.45, 2.75) is 5.75 Å². The van der Waals surface area contributed by atoms with Crippen molar-refractivity contribution < 1.29 is 8.42 Å². The van der Waals surface area contributed by atoms with Crippen LogP contribution in [0, 0.1) is 0 Å². The largest absolute Gasteiger partial charge is 0.247 e. The second kappa shape index (κ2) is 3.77. The summed E-state index contributed by atoms with van der Waals surface area (Å²) in [5.74, 6) is -0.0417. The summed E-state index contributed by atoms with van der Waals surface area (Å²) in [6, 6.07) is 1.62. The van der Waals surface area contributed by atoms with Gasteiger partial charge in [-0.1, -0.05) is 0 Å². The Morgan fingerprint density at radius 2 is 1.87 bits per heavy atom. The van der Waals surface area contributed by atoms with Crippen molar-refractivity contribution in [3.05, 3.63) is 36.7 Å². The molecule has 0 atom stereocenters. The van der Waals surface area contributed by atoms with E-state index >= 15 is 0 Å². The van der Waals surface area contributed by atoms with Gasteiger partial charge in [0.05, 0.1) is 0 Å². The molecule has 1 aliphatic heterocycles. The first kappa shape index (κ1) is 9.78. The van der Waals surface area contributed by atoms with Crippen LogP contribution in [-0.2, 0) is 15.6 Å². The van der Waals surface area contributed by atoms with Crippen molar-refractivity contribution >= 4 is 15.0 Å². The lowest BCUT2D eigenvalue weighted by molar-refractivity contribution is 0.604. The number of rotatable bonds is 2. The van der Waals surface area contributed by atoms with Crippen molar-refractivity contribution in [3.63, 3.8) is 0 Å². The fourth-order valence-corrected chi connectivity index (χ4v) is 2.09. The van der Waals surface area contributed by atoms with Crippen molar-refractivity contribution in [3.8, 4) is 0 Å². The van der Waals surface area contributed by atoms with Gasteiger partial charge in [-0.15, -0.1) is 0 Å². The van der Waals surface area contributed by atoms with Gasteiger partial charge in [-0.3, -0.25) is 0 Å². The minimum absolute atomic E-state index is 0.185. The third kappa shape index (κ3) is 2.18. The summed E-state index contributed by atoms with van der Waals surface area (Å²) in [6.07, 6.45) is 5.64. The van der Waals surface area contributed by atoms with Crippen LogP contribution in [0.1, 0.15) is 5.82 Å². The smallest absolute Gasteiger partial charge is 0.240 e. The van der Waals surface area contributed by atoms with Crippen LogP contribution < -0.4 is 5.32 Å². The van der Waals surface area contributed by atoms with Gasteiger partial charge in [0.25, 0.3) is 0 Å². The van der Waals surface area contributed by atoms with Crippen LogP contribution in [0.3, 0.4) is 0 Å². The zero-order chi connectivity index (χ0) is 10.7. The molecule has 0 N–H and O–H groups in total. The Bertz CT molecular complexity index is 507. The maximum absolute atomic E-state index is 11.7. The Labute approximate surface area is 86.7 Å². The quantitative estimate of drug-likeness (QED) is 0.696. The summed E-state index contributed by atoms with van der Waals surface area (Å²) in [5, 5.41) is 3.44. The van der Waals surface area contributed by atoms with Gasteiger partial charge in [0.15, 0.2) is 0 Å². The molecule has 0 fully saturated rings. The van der Waals surface area contributed by atoms with E-state index in [0.29, 0.717) is 0 Å². The van der Waals surface area contributed by atoms with Gasteiger partial charge in [-0.25, -0.2) is 28.7 Å². The lowest BCUT2D eigenvalue weighted by Crippen LogP contribution is -2.22. The number of sulfone groups is 1. The van der Waals surface area contributed by atoms with Crippen LogP contribution in [0.4, 0.5) is 0 Å². The van der Waals surface area contributed by atoms with Gasteiger partial charge in [-0.05, 0) is 6.07 Å². The molecule has 0 spiro atoms. The minimum atomic E-state index is -3.52. The van der Waals surface area contributed by atoms with Crippen LogP contribution in [-0.4, -0.2) is 23.6 Å². The standard InChI is InChI=1S/C8H7N4O2S/c13-15(14,8-11-4-5-12-8)6-7-9-2-1-3-10-7/h1-5H,6H2. The zero-order valence-corrected chi connectivity index (χ0v) is 8.42. The Kier molecular flexibility index (Phi) is 2.46. The Hall–Kier alpha value is -1.76. The van der Waals surface area contributed by atoms with E-state index < -0.39 is 9.84 Å². The van der Waals surface area contributed by atoms with Gasteiger partial charge in [0.2, 0.25) is 15.0 Å². The highest BCUT2D eigenvalue weighted by Gasteiger charge is 2.23. The summed E-state index contributed by atoms with van der Waals surface area (Å²) in [6.45, 7) is 0. The van der Waals surface area contributed by atoms with Crippen LogP contribution in [0.5, 0.6) is 0 Å². The number of hydrogen-bond donors (Lipinski definition) is 0. The van der Waals surface area contributed by atoms with Crippen molar-refractivity contribution in [1.82, 2.24) is 15.3 Å². The summed E-state index contributed by atoms with van der Waals surface area (Å²) < 4.78 is 23.3. The van der Waals surface area contributed by atoms with E-state index in [1.165, 1.54) is 24.8 Å². The molecule has 1 aliphatic rings. The first-order valence-corrected chi connectivity index (χ1v) is 5.76. The van der Waals surface area contributed by atoms with E-state index in [1.54, 1.807) is 6.07 Å². The average Bonchev–Trinajstić information content (AvgIpc) is 2.71. The summed E-state index contributed by atoms with van der Waals surface area (Å²) in [7, 11) is -3.52. The first-order valence-electron chi connectivity index (χ1n) is 4.11. The van der Waals surface area contributed by atoms with E-state index in [-0.39, 0.29) is 16.7 Å². The fraction of sp³-hybridized carbons (Fsp3) is 0.125. The van der Waals surface area contributed by atoms with Crippen LogP contribution in [0.2, 0.25) is 0 Å². The maximum Gasteiger partial charge on any atom is 0.247 e. The van der Waals surface area contributed by atoms with E-state index in [4.69, 9.17) is 0 Å². The van der Waals surface area contributed by atoms with E-state index in [1.807, 2.05) is 0 Å². The highest BCUT2D eigenvalue weighted by molar-refractivity contribution is 8.05. The number of nitrogens with zero attached hydrogens (tertiary/aromatic N) is 4. The zero-order valence-electron chi connectivity index (χ0n) is 7.61. The number of hydrogen-bond acceptors (Lipinski definition) is 5. The molecule has 1 aromatic rings. The van der Waals surface area contributed by atoms with E-state index in [9.17, 15) is 8.42 Å². The molecule has 2 rings (SSSR count).